The van der Waals surface area contributed by atoms with Gasteiger partial charge in [0.05, 0.1) is 17.3 Å². The van der Waals surface area contributed by atoms with E-state index in [1.54, 1.807) is 0 Å². The summed E-state index contributed by atoms with van der Waals surface area (Å²) in [6, 6.07) is 13.9. The molecular formula is C16H17BrClNO. The van der Waals surface area contributed by atoms with Crippen molar-refractivity contribution in [2.24, 2.45) is 0 Å². The Hall–Kier alpha value is -1.19. The van der Waals surface area contributed by atoms with Crippen LogP contribution < -0.4 is 10.1 Å². The maximum Gasteiger partial charge on any atom is 0.142 e. The third-order valence-corrected chi connectivity index (χ3v) is 4.03. The minimum absolute atomic E-state index is 0.723. The van der Waals surface area contributed by atoms with Crippen LogP contribution in [0.15, 0.2) is 46.9 Å². The zero-order valence-corrected chi connectivity index (χ0v) is 13.7. The van der Waals surface area contributed by atoms with Crippen LogP contribution in [0.25, 0.3) is 0 Å². The number of para-hydroxylation sites is 2. The molecule has 2 aromatic rings. The second-order valence-corrected chi connectivity index (χ2v) is 5.71. The van der Waals surface area contributed by atoms with Crippen LogP contribution in [-0.4, -0.2) is 6.61 Å². The lowest BCUT2D eigenvalue weighted by molar-refractivity contribution is 0.319. The summed E-state index contributed by atoms with van der Waals surface area (Å²) in [4.78, 5) is 0. The van der Waals surface area contributed by atoms with Crippen molar-refractivity contribution in [1.29, 1.82) is 0 Å². The van der Waals surface area contributed by atoms with Gasteiger partial charge < -0.3 is 10.1 Å². The van der Waals surface area contributed by atoms with E-state index in [4.69, 9.17) is 16.3 Å². The molecule has 0 unspecified atom stereocenters. The molecule has 1 N–H and O–H groups in total. The quantitative estimate of drug-likeness (QED) is 0.739. The van der Waals surface area contributed by atoms with Crippen LogP contribution in [0.3, 0.4) is 0 Å². The van der Waals surface area contributed by atoms with Crippen molar-refractivity contribution in [3.63, 3.8) is 0 Å². The van der Waals surface area contributed by atoms with E-state index in [9.17, 15) is 0 Å². The molecule has 0 spiro atoms. The molecule has 4 heteroatoms. The van der Waals surface area contributed by atoms with Crippen molar-refractivity contribution >= 4 is 33.2 Å². The van der Waals surface area contributed by atoms with Gasteiger partial charge in [0.25, 0.3) is 0 Å². The predicted molar refractivity (Wildman–Crippen MR) is 88.7 cm³/mol. The van der Waals surface area contributed by atoms with Gasteiger partial charge in [-0.15, -0.1) is 0 Å². The molecular weight excluding hydrogens is 338 g/mol. The highest BCUT2D eigenvalue weighted by Crippen LogP contribution is 2.26. The zero-order chi connectivity index (χ0) is 14.4. The summed E-state index contributed by atoms with van der Waals surface area (Å²) in [7, 11) is 0. The first-order chi connectivity index (χ1) is 9.70. The first-order valence-electron chi connectivity index (χ1n) is 6.60. The molecule has 20 heavy (non-hydrogen) atoms. The second-order valence-electron chi connectivity index (χ2n) is 4.45. The summed E-state index contributed by atoms with van der Waals surface area (Å²) in [6.07, 6.45) is 0.998. The molecule has 0 heterocycles. The Morgan fingerprint density at radius 2 is 2.00 bits per heavy atom. The lowest BCUT2D eigenvalue weighted by Gasteiger charge is -2.13. The molecule has 2 nitrogen and oxygen atoms in total. The smallest absolute Gasteiger partial charge is 0.142 e. The van der Waals surface area contributed by atoms with Crippen molar-refractivity contribution in [3.05, 3.63) is 57.5 Å². The first kappa shape index (κ1) is 15.2. The number of ether oxygens (including phenoxy) is 1. The summed E-state index contributed by atoms with van der Waals surface area (Å²) >= 11 is 9.43. The van der Waals surface area contributed by atoms with E-state index in [2.05, 4.69) is 28.2 Å². The summed E-state index contributed by atoms with van der Waals surface area (Å²) in [5, 5.41) is 4.12. The fraction of sp³-hybridized carbons (Fsp3) is 0.250. The van der Waals surface area contributed by atoms with E-state index >= 15 is 0 Å². The van der Waals surface area contributed by atoms with Crippen LogP contribution in [0.1, 0.15) is 18.9 Å². The van der Waals surface area contributed by atoms with Crippen molar-refractivity contribution in [2.75, 3.05) is 11.9 Å². The third-order valence-electron chi connectivity index (χ3n) is 2.82. The standard InChI is InChI=1S/C16H17BrClNO/c1-2-9-20-16-6-4-3-5-15(16)19-11-12-7-8-14(18)13(17)10-12/h3-8,10,19H,2,9,11H2,1H3. The number of hydrogen-bond donors (Lipinski definition) is 1. The topological polar surface area (TPSA) is 21.3 Å². The minimum Gasteiger partial charge on any atom is -0.491 e. The summed E-state index contributed by atoms with van der Waals surface area (Å²) < 4.78 is 6.64. The first-order valence-corrected chi connectivity index (χ1v) is 7.77. The molecule has 0 aliphatic heterocycles. The van der Waals surface area contributed by atoms with Crippen molar-refractivity contribution in [2.45, 2.75) is 19.9 Å². The average Bonchev–Trinajstić information content (AvgIpc) is 2.47. The third kappa shape index (κ3) is 4.15. The molecule has 0 radical (unpaired) electrons. The number of hydrogen-bond acceptors (Lipinski definition) is 2. The second kappa shape index (κ2) is 7.55. The van der Waals surface area contributed by atoms with Gasteiger partial charge in [-0.25, -0.2) is 0 Å². The fourth-order valence-corrected chi connectivity index (χ4v) is 2.34. The van der Waals surface area contributed by atoms with Crippen LogP contribution in [0.2, 0.25) is 5.02 Å². The van der Waals surface area contributed by atoms with Gasteiger partial charge in [-0.05, 0) is 52.2 Å². The van der Waals surface area contributed by atoms with Crippen LogP contribution in [0, 0.1) is 0 Å². The Morgan fingerprint density at radius 3 is 2.75 bits per heavy atom. The lowest BCUT2D eigenvalue weighted by Crippen LogP contribution is -2.03. The van der Waals surface area contributed by atoms with Crippen LogP contribution in [-0.2, 0) is 6.54 Å². The number of rotatable bonds is 6. The molecule has 0 amide bonds. The van der Waals surface area contributed by atoms with Gasteiger partial charge in [-0.3, -0.25) is 0 Å². The molecule has 0 atom stereocenters. The van der Waals surface area contributed by atoms with E-state index in [0.29, 0.717) is 0 Å². The average molecular weight is 355 g/mol. The van der Waals surface area contributed by atoms with Gasteiger partial charge in [-0.2, -0.15) is 0 Å². The number of benzene rings is 2. The highest BCUT2D eigenvalue weighted by molar-refractivity contribution is 9.10. The Bertz CT molecular complexity index is 574. The van der Waals surface area contributed by atoms with Gasteiger partial charge in [-0.1, -0.05) is 36.7 Å². The van der Waals surface area contributed by atoms with Crippen molar-refractivity contribution in [3.8, 4) is 5.75 Å². The van der Waals surface area contributed by atoms with Crippen molar-refractivity contribution < 1.29 is 4.74 Å². The van der Waals surface area contributed by atoms with Crippen LogP contribution in [0.5, 0.6) is 5.75 Å². The van der Waals surface area contributed by atoms with E-state index < -0.39 is 0 Å². The van der Waals surface area contributed by atoms with E-state index in [1.807, 2.05) is 42.5 Å². The molecule has 106 valence electrons. The monoisotopic (exact) mass is 353 g/mol. The molecule has 0 saturated heterocycles. The maximum atomic E-state index is 5.99. The normalized spacial score (nSPS) is 10.3. The molecule has 0 saturated carbocycles. The zero-order valence-electron chi connectivity index (χ0n) is 11.3. The largest absolute Gasteiger partial charge is 0.491 e. The van der Waals surface area contributed by atoms with Gasteiger partial charge in [0.15, 0.2) is 0 Å². The highest BCUT2D eigenvalue weighted by atomic mass is 79.9. The van der Waals surface area contributed by atoms with Gasteiger partial charge in [0.1, 0.15) is 5.75 Å². The molecule has 0 aromatic heterocycles. The number of nitrogens with one attached hydrogen (secondary N) is 1. The maximum absolute atomic E-state index is 5.99. The van der Waals surface area contributed by atoms with Crippen LogP contribution >= 0.6 is 27.5 Å². The molecule has 0 aliphatic carbocycles. The van der Waals surface area contributed by atoms with Crippen molar-refractivity contribution in [1.82, 2.24) is 0 Å². The molecule has 2 rings (SSSR count). The Labute approximate surface area is 133 Å². The lowest BCUT2D eigenvalue weighted by atomic mass is 10.2. The Morgan fingerprint density at radius 1 is 1.20 bits per heavy atom. The number of anilines is 1. The van der Waals surface area contributed by atoms with Gasteiger partial charge >= 0.3 is 0 Å². The van der Waals surface area contributed by atoms with Crippen LogP contribution in [0.4, 0.5) is 5.69 Å². The molecule has 2 aromatic carbocycles. The molecule has 0 bridgehead atoms. The SMILES string of the molecule is CCCOc1ccccc1NCc1ccc(Cl)c(Br)c1. The van der Waals surface area contributed by atoms with E-state index in [1.165, 1.54) is 0 Å². The summed E-state index contributed by atoms with van der Waals surface area (Å²) in [5.41, 5.74) is 2.17. The minimum atomic E-state index is 0.723. The summed E-state index contributed by atoms with van der Waals surface area (Å²) in [6.45, 7) is 3.55. The Kier molecular flexibility index (Phi) is 5.74. The summed E-state index contributed by atoms with van der Waals surface area (Å²) in [5.74, 6) is 0.891. The van der Waals surface area contributed by atoms with Gasteiger partial charge in [0.2, 0.25) is 0 Å². The van der Waals surface area contributed by atoms with E-state index in [0.717, 1.165) is 46.1 Å². The van der Waals surface area contributed by atoms with Gasteiger partial charge in [0, 0.05) is 11.0 Å². The number of halogens is 2. The highest BCUT2D eigenvalue weighted by Gasteiger charge is 2.03. The molecule has 0 fully saturated rings. The predicted octanol–water partition coefficient (Wildman–Crippen LogP) is 5.50. The Balaban J connectivity index is 2.04. The van der Waals surface area contributed by atoms with E-state index in [-0.39, 0.29) is 0 Å². The molecule has 0 aliphatic rings. The fourth-order valence-electron chi connectivity index (χ4n) is 1.80.